The lowest BCUT2D eigenvalue weighted by molar-refractivity contribution is 0.210. The van der Waals surface area contributed by atoms with Crippen LogP contribution in [0, 0.1) is 0 Å². The van der Waals surface area contributed by atoms with Gasteiger partial charge in [-0.15, -0.1) is 0 Å². The highest BCUT2D eigenvalue weighted by Crippen LogP contribution is 2.33. The molecule has 0 radical (unpaired) electrons. The first kappa shape index (κ1) is 16.5. The minimum Gasteiger partial charge on any atom is -0.493 e. The summed E-state index contributed by atoms with van der Waals surface area (Å²) in [5, 5.41) is 4.03. The first-order chi connectivity index (χ1) is 12.8. The Morgan fingerprint density at radius 1 is 1.12 bits per heavy atom. The maximum absolute atomic E-state index is 5.42. The summed E-state index contributed by atoms with van der Waals surface area (Å²) in [5.74, 6) is 2.64. The molecule has 0 fully saturated rings. The minimum atomic E-state index is 0.518. The summed E-state index contributed by atoms with van der Waals surface area (Å²) in [6.45, 7) is 2.33. The average Bonchev–Trinajstić information content (AvgIpc) is 3.16. The summed E-state index contributed by atoms with van der Waals surface area (Å²) in [7, 11) is 3.32. The fourth-order valence-electron chi connectivity index (χ4n) is 3.19. The molecule has 1 aliphatic rings. The number of rotatable bonds is 5. The third kappa shape index (κ3) is 3.25. The van der Waals surface area contributed by atoms with E-state index in [0.717, 1.165) is 31.0 Å². The van der Waals surface area contributed by atoms with Gasteiger partial charge in [0.05, 0.1) is 20.8 Å². The van der Waals surface area contributed by atoms with Gasteiger partial charge in [0.25, 0.3) is 0 Å². The van der Waals surface area contributed by atoms with Crippen molar-refractivity contribution in [3.63, 3.8) is 0 Å². The molecule has 0 unspecified atom stereocenters. The molecule has 3 heterocycles. The first-order valence-electron chi connectivity index (χ1n) is 8.47. The third-order valence-electron chi connectivity index (χ3n) is 4.52. The van der Waals surface area contributed by atoms with Crippen molar-refractivity contribution < 1.29 is 14.0 Å². The smallest absolute Gasteiger partial charge is 0.241 e. The molecule has 1 aromatic carbocycles. The summed E-state index contributed by atoms with van der Waals surface area (Å²) < 4.78 is 16.2. The van der Waals surface area contributed by atoms with Crippen molar-refractivity contribution in [2.75, 3.05) is 20.8 Å². The first-order valence-corrected chi connectivity index (χ1v) is 8.47. The molecule has 0 saturated heterocycles. The van der Waals surface area contributed by atoms with Crippen LogP contribution in [-0.2, 0) is 19.5 Å². The zero-order chi connectivity index (χ0) is 17.9. The Labute approximate surface area is 151 Å². The lowest BCUT2D eigenvalue weighted by atomic mass is 9.99. The van der Waals surface area contributed by atoms with Gasteiger partial charge in [-0.2, -0.15) is 4.98 Å². The molecule has 26 heavy (non-hydrogen) atoms. The van der Waals surface area contributed by atoms with E-state index in [0.29, 0.717) is 24.0 Å². The van der Waals surface area contributed by atoms with E-state index in [1.54, 1.807) is 20.4 Å². The summed E-state index contributed by atoms with van der Waals surface area (Å²) in [4.78, 5) is 11.0. The number of fused-ring (bicyclic) bond motifs is 1. The van der Waals surface area contributed by atoms with Gasteiger partial charge >= 0.3 is 0 Å². The Balaban J connectivity index is 1.49. The van der Waals surface area contributed by atoms with Crippen molar-refractivity contribution in [1.29, 1.82) is 0 Å². The van der Waals surface area contributed by atoms with Crippen LogP contribution in [0.1, 0.15) is 17.0 Å². The zero-order valence-corrected chi connectivity index (χ0v) is 14.8. The predicted molar refractivity (Wildman–Crippen MR) is 94.9 cm³/mol. The Hall–Kier alpha value is -2.93. The van der Waals surface area contributed by atoms with Crippen LogP contribution >= 0.6 is 0 Å². The Morgan fingerprint density at radius 2 is 1.92 bits per heavy atom. The van der Waals surface area contributed by atoms with Crippen LogP contribution in [0.3, 0.4) is 0 Å². The van der Waals surface area contributed by atoms with Crippen LogP contribution in [0.15, 0.2) is 41.1 Å². The molecule has 0 saturated carbocycles. The van der Waals surface area contributed by atoms with Crippen LogP contribution in [0.5, 0.6) is 11.5 Å². The van der Waals surface area contributed by atoms with Crippen LogP contribution < -0.4 is 9.47 Å². The summed E-state index contributed by atoms with van der Waals surface area (Å²) in [6.07, 6.45) is 2.66. The topological polar surface area (TPSA) is 73.5 Å². The highest BCUT2D eigenvalue weighted by molar-refractivity contribution is 5.48. The number of ether oxygens (including phenoxy) is 2. The van der Waals surface area contributed by atoms with E-state index in [2.05, 4.69) is 26.1 Å². The third-order valence-corrected chi connectivity index (χ3v) is 4.52. The number of hydrogen-bond acceptors (Lipinski definition) is 7. The maximum Gasteiger partial charge on any atom is 0.241 e. The van der Waals surface area contributed by atoms with Crippen molar-refractivity contribution in [3.8, 4) is 23.0 Å². The second kappa shape index (κ2) is 7.13. The van der Waals surface area contributed by atoms with Gasteiger partial charge in [0.1, 0.15) is 5.69 Å². The molecule has 7 nitrogen and oxygen atoms in total. The molecule has 0 amide bonds. The number of nitrogens with zero attached hydrogens (tertiary/aromatic N) is 4. The minimum absolute atomic E-state index is 0.518. The number of pyridine rings is 1. The van der Waals surface area contributed by atoms with Crippen molar-refractivity contribution in [3.05, 3.63) is 53.5 Å². The molecule has 4 rings (SSSR count). The number of benzene rings is 1. The van der Waals surface area contributed by atoms with Crippen LogP contribution in [-0.4, -0.2) is 40.8 Å². The summed E-state index contributed by atoms with van der Waals surface area (Å²) >= 11 is 0. The number of aromatic nitrogens is 3. The van der Waals surface area contributed by atoms with Crippen LogP contribution in [0.4, 0.5) is 0 Å². The van der Waals surface area contributed by atoms with Crippen molar-refractivity contribution in [1.82, 2.24) is 20.0 Å². The Kier molecular flexibility index (Phi) is 4.53. The van der Waals surface area contributed by atoms with Gasteiger partial charge in [-0.3, -0.25) is 9.88 Å². The van der Waals surface area contributed by atoms with Gasteiger partial charge in [-0.25, -0.2) is 0 Å². The molecule has 0 N–H and O–H groups in total. The fourth-order valence-corrected chi connectivity index (χ4v) is 3.19. The molecule has 0 aliphatic carbocycles. The molecule has 1 aliphatic heterocycles. The Bertz CT molecular complexity index is 895. The van der Waals surface area contributed by atoms with Crippen molar-refractivity contribution >= 4 is 0 Å². The van der Waals surface area contributed by atoms with Gasteiger partial charge in [0, 0.05) is 19.3 Å². The maximum atomic E-state index is 5.42. The molecular weight excluding hydrogens is 332 g/mol. The standard InChI is InChI=1S/C19H20N4O3/c1-24-16-9-13-6-8-23(11-14(13)10-17(16)25-2)12-18-21-19(22-26-18)15-5-3-4-7-20-15/h3-5,7,9-10H,6,8,11-12H2,1-2H3. The van der Waals surface area contributed by atoms with E-state index in [1.807, 2.05) is 24.3 Å². The van der Waals surface area contributed by atoms with Gasteiger partial charge < -0.3 is 14.0 Å². The van der Waals surface area contributed by atoms with Crippen LogP contribution in [0.2, 0.25) is 0 Å². The van der Waals surface area contributed by atoms with Gasteiger partial charge in [0.15, 0.2) is 11.5 Å². The fraction of sp³-hybridized carbons (Fsp3) is 0.316. The van der Waals surface area contributed by atoms with E-state index in [1.165, 1.54) is 11.1 Å². The van der Waals surface area contributed by atoms with E-state index in [9.17, 15) is 0 Å². The zero-order valence-electron chi connectivity index (χ0n) is 14.8. The molecule has 0 bridgehead atoms. The van der Waals surface area contributed by atoms with E-state index < -0.39 is 0 Å². The molecule has 0 atom stereocenters. The number of hydrogen-bond donors (Lipinski definition) is 0. The van der Waals surface area contributed by atoms with Crippen LogP contribution in [0.25, 0.3) is 11.5 Å². The molecule has 2 aromatic heterocycles. The predicted octanol–water partition coefficient (Wildman–Crippen LogP) is 2.71. The summed E-state index contributed by atoms with van der Waals surface area (Å²) in [5.41, 5.74) is 3.24. The van der Waals surface area contributed by atoms with E-state index in [4.69, 9.17) is 14.0 Å². The lowest BCUT2D eigenvalue weighted by Crippen LogP contribution is -2.30. The van der Waals surface area contributed by atoms with Gasteiger partial charge in [-0.05, 0) is 41.8 Å². The van der Waals surface area contributed by atoms with Gasteiger partial charge in [-0.1, -0.05) is 11.2 Å². The second-order valence-electron chi connectivity index (χ2n) is 6.16. The monoisotopic (exact) mass is 352 g/mol. The highest BCUT2D eigenvalue weighted by Gasteiger charge is 2.21. The number of methoxy groups -OCH3 is 2. The van der Waals surface area contributed by atoms with E-state index >= 15 is 0 Å². The van der Waals surface area contributed by atoms with Gasteiger partial charge in [0.2, 0.25) is 11.7 Å². The molecular formula is C19H20N4O3. The highest BCUT2D eigenvalue weighted by atomic mass is 16.5. The molecule has 3 aromatic rings. The lowest BCUT2D eigenvalue weighted by Gasteiger charge is -2.28. The normalized spacial score (nSPS) is 14.1. The summed E-state index contributed by atoms with van der Waals surface area (Å²) in [6, 6.07) is 9.75. The molecule has 7 heteroatoms. The molecule has 0 spiro atoms. The van der Waals surface area contributed by atoms with Crippen molar-refractivity contribution in [2.45, 2.75) is 19.5 Å². The Morgan fingerprint density at radius 3 is 2.65 bits per heavy atom. The quantitative estimate of drug-likeness (QED) is 0.699. The largest absolute Gasteiger partial charge is 0.493 e. The molecule has 134 valence electrons. The average molecular weight is 352 g/mol. The van der Waals surface area contributed by atoms with Crippen molar-refractivity contribution in [2.24, 2.45) is 0 Å². The SMILES string of the molecule is COc1cc2c(cc1OC)CN(Cc1nc(-c3ccccn3)no1)CC2. The second-order valence-corrected chi connectivity index (χ2v) is 6.16. The van der Waals surface area contributed by atoms with E-state index in [-0.39, 0.29) is 0 Å².